The molecule has 3 heterocycles. The van der Waals surface area contributed by atoms with Crippen LogP contribution in [0.15, 0.2) is 146 Å². The largest absolute Gasteiger partial charge is 0.236 e. The third-order valence-corrected chi connectivity index (χ3v) is 10.4. The van der Waals surface area contributed by atoms with Gasteiger partial charge in [-0.2, -0.15) is 0 Å². The molecular formula is C40H24N4S2. The first-order chi connectivity index (χ1) is 22.8. The van der Waals surface area contributed by atoms with E-state index in [2.05, 4.69) is 78.9 Å². The van der Waals surface area contributed by atoms with Crippen LogP contribution in [0.25, 0.3) is 86.3 Å². The minimum Gasteiger partial charge on any atom is -0.236 e. The van der Waals surface area contributed by atoms with Crippen molar-refractivity contribution >= 4 is 53.1 Å². The van der Waals surface area contributed by atoms with Gasteiger partial charge < -0.3 is 0 Å². The minimum absolute atomic E-state index is 0.657. The fraction of sp³-hybridized carbons (Fsp3) is 0. The summed E-state index contributed by atoms with van der Waals surface area (Å²) in [5, 5.41) is 3.40. The van der Waals surface area contributed by atoms with E-state index >= 15 is 0 Å². The standard InChI is InChI=1S/C40H24N4S2/c1-3-12-25(13-4-1)37-42-38(26-14-5-2-6-15-26)44-39(43-37)30-19-11-23-34-36(30)35-29(18-10-22-33(35)45-34)27-16-9-17-28(24-27)40-41-31-20-7-8-21-32(31)46-40/h1-24H. The molecule has 46 heavy (non-hydrogen) atoms. The lowest BCUT2D eigenvalue weighted by Gasteiger charge is -2.11. The van der Waals surface area contributed by atoms with E-state index in [9.17, 15) is 0 Å². The number of benzene rings is 6. The number of aromatic nitrogens is 4. The Bertz CT molecular complexity index is 2440. The van der Waals surface area contributed by atoms with E-state index in [0.717, 1.165) is 43.7 Å². The Hall–Kier alpha value is -5.56. The lowest BCUT2D eigenvalue weighted by molar-refractivity contribution is 1.08. The highest BCUT2D eigenvalue weighted by molar-refractivity contribution is 7.26. The molecule has 0 fully saturated rings. The van der Waals surface area contributed by atoms with Gasteiger partial charge in [-0.25, -0.2) is 19.9 Å². The van der Waals surface area contributed by atoms with Crippen molar-refractivity contribution in [3.8, 4) is 55.9 Å². The van der Waals surface area contributed by atoms with Crippen LogP contribution in [0.5, 0.6) is 0 Å². The molecule has 0 saturated carbocycles. The smallest absolute Gasteiger partial charge is 0.164 e. The average Bonchev–Trinajstić information content (AvgIpc) is 3.74. The second-order valence-electron chi connectivity index (χ2n) is 11.1. The summed E-state index contributed by atoms with van der Waals surface area (Å²) in [4.78, 5) is 20.0. The van der Waals surface area contributed by atoms with Gasteiger partial charge >= 0.3 is 0 Å². The lowest BCUT2D eigenvalue weighted by atomic mass is 9.96. The quantitative estimate of drug-likeness (QED) is 0.191. The molecule has 9 aromatic rings. The van der Waals surface area contributed by atoms with Crippen LogP contribution in [-0.4, -0.2) is 19.9 Å². The zero-order valence-corrected chi connectivity index (χ0v) is 26.1. The van der Waals surface area contributed by atoms with Gasteiger partial charge in [-0.15, -0.1) is 22.7 Å². The number of para-hydroxylation sites is 1. The molecule has 0 bridgehead atoms. The second-order valence-corrected chi connectivity index (χ2v) is 13.2. The van der Waals surface area contributed by atoms with Crippen molar-refractivity contribution < 1.29 is 0 Å². The zero-order valence-electron chi connectivity index (χ0n) is 24.5. The predicted octanol–water partition coefficient (Wildman–Crippen LogP) is 11.2. The molecule has 4 nitrogen and oxygen atoms in total. The summed E-state index contributed by atoms with van der Waals surface area (Å²) in [5.41, 5.74) is 7.40. The van der Waals surface area contributed by atoms with Crippen LogP contribution in [0.1, 0.15) is 0 Å². The highest BCUT2D eigenvalue weighted by Crippen LogP contribution is 2.44. The van der Waals surface area contributed by atoms with Gasteiger partial charge in [0.1, 0.15) is 5.01 Å². The first-order valence-electron chi connectivity index (χ1n) is 15.1. The molecule has 9 rings (SSSR count). The number of rotatable bonds is 5. The molecule has 0 atom stereocenters. The Morgan fingerprint density at radius 1 is 0.348 bits per heavy atom. The van der Waals surface area contributed by atoms with E-state index in [-0.39, 0.29) is 0 Å². The average molecular weight is 625 g/mol. The summed E-state index contributed by atoms with van der Waals surface area (Å²) < 4.78 is 3.62. The third-order valence-electron chi connectivity index (χ3n) is 8.18. The molecule has 0 aliphatic carbocycles. The van der Waals surface area contributed by atoms with Crippen LogP contribution in [0.2, 0.25) is 0 Å². The highest BCUT2D eigenvalue weighted by Gasteiger charge is 2.19. The Labute approximate surface area is 273 Å². The molecule has 0 N–H and O–H groups in total. The molecule has 0 unspecified atom stereocenters. The maximum atomic E-state index is 5.09. The zero-order chi connectivity index (χ0) is 30.5. The molecular weight excluding hydrogens is 601 g/mol. The molecule has 3 aromatic heterocycles. The second kappa shape index (κ2) is 11.1. The maximum Gasteiger partial charge on any atom is 0.164 e. The van der Waals surface area contributed by atoms with Gasteiger partial charge in [-0.05, 0) is 41.5 Å². The van der Waals surface area contributed by atoms with Crippen LogP contribution in [0.3, 0.4) is 0 Å². The van der Waals surface area contributed by atoms with Crippen LogP contribution >= 0.6 is 22.7 Å². The van der Waals surface area contributed by atoms with Gasteiger partial charge in [-0.3, -0.25) is 0 Å². The first kappa shape index (κ1) is 26.8. The van der Waals surface area contributed by atoms with Crippen molar-refractivity contribution in [2.45, 2.75) is 0 Å². The van der Waals surface area contributed by atoms with Gasteiger partial charge in [0, 0.05) is 42.4 Å². The van der Waals surface area contributed by atoms with Crippen molar-refractivity contribution in [3.05, 3.63) is 146 Å². The summed E-state index contributed by atoms with van der Waals surface area (Å²) in [6.45, 7) is 0. The highest BCUT2D eigenvalue weighted by atomic mass is 32.1. The van der Waals surface area contributed by atoms with Crippen LogP contribution in [-0.2, 0) is 0 Å². The maximum absolute atomic E-state index is 5.09. The molecule has 0 radical (unpaired) electrons. The van der Waals surface area contributed by atoms with E-state index in [1.54, 1.807) is 22.7 Å². The normalized spacial score (nSPS) is 11.5. The van der Waals surface area contributed by atoms with Crippen LogP contribution in [0, 0.1) is 0 Å². The van der Waals surface area contributed by atoms with E-state index in [4.69, 9.17) is 19.9 Å². The Morgan fingerprint density at radius 2 is 0.870 bits per heavy atom. The SMILES string of the molecule is c1ccc(-c2nc(-c3ccccc3)nc(-c3cccc4sc5cccc(-c6cccc(-c7nc8ccccc8s7)c6)c5c34)n2)cc1. The van der Waals surface area contributed by atoms with E-state index in [0.29, 0.717) is 17.5 Å². The van der Waals surface area contributed by atoms with Gasteiger partial charge in [-0.1, -0.05) is 115 Å². The lowest BCUT2D eigenvalue weighted by Crippen LogP contribution is -2.00. The molecule has 0 amide bonds. The monoisotopic (exact) mass is 624 g/mol. The number of hydrogen-bond donors (Lipinski definition) is 0. The first-order valence-corrected chi connectivity index (χ1v) is 16.7. The van der Waals surface area contributed by atoms with Gasteiger partial charge in [0.05, 0.1) is 10.2 Å². The fourth-order valence-electron chi connectivity index (χ4n) is 6.04. The molecule has 0 spiro atoms. The number of fused-ring (bicyclic) bond motifs is 4. The molecule has 0 aliphatic rings. The number of nitrogens with zero attached hydrogens (tertiary/aromatic N) is 4. The number of thiazole rings is 1. The summed E-state index contributed by atoms with van der Waals surface area (Å²) in [6.07, 6.45) is 0. The molecule has 6 aromatic carbocycles. The summed E-state index contributed by atoms with van der Waals surface area (Å²) >= 11 is 3.53. The summed E-state index contributed by atoms with van der Waals surface area (Å²) in [6, 6.07) is 50.4. The summed E-state index contributed by atoms with van der Waals surface area (Å²) in [5.74, 6) is 1.98. The summed E-state index contributed by atoms with van der Waals surface area (Å²) in [7, 11) is 0. The third kappa shape index (κ3) is 4.67. The predicted molar refractivity (Wildman–Crippen MR) is 193 cm³/mol. The van der Waals surface area contributed by atoms with Crippen molar-refractivity contribution in [2.24, 2.45) is 0 Å². The van der Waals surface area contributed by atoms with E-state index < -0.39 is 0 Å². The Balaban J connectivity index is 1.26. The number of thiophene rings is 1. The molecule has 216 valence electrons. The minimum atomic E-state index is 0.657. The Kier molecular flexibility index (Phi) is 6.47. The fourth-order valence-corrected chi connectivity index (χ4v) is 8.16. The van der Waals surface area contributed by atoms with Crippen molar-refractivity contribution in [1.82, 2.24) is 19.9 Å². The van der Waals surface area contributed by atoms with Crippen LogP contribution in [0.4, 0.5) is 0 Å². The van der Waals surface area contributed by atoms with Gasteiger partial charge in [0.15, 0.2) is 17.5 Å². The topological polar surface area (TPSA) is 51.6 Å². The van der Waals surface area contributed by atoms with Gasteiger partial charge in [0.25, 0.3) is 0 Å². The van der Waals surface area contributed by atoms with E-state index in [1.165, 1.54) is 25.0 Å². The molecule has 0 saturated heterocycles. The number of hydrogen-bond acceptors (Lipinski definition) is 6. The van der Waals surface area contributed by atoms with Crippen molar-refractivity contribution in [1.29, 1.82) is 0 Å². The van der Waals surface area contributed by atoms with Crippen LogP contribution < -0.4 is 0 Å². The molecule has 6 heteroatoms. The van der Waals surface area contributed by atoms with Gasteiger partial charge in [0.2, 0.25) is 0 Å². The molecule has 0 aliphatic heterocycles. The Morgan fingerprint density at radius 3 is 1.57 bits per heavy atom. The van der Waals surface area contributed by atoms with Crippen molar-refractivity contribution in [3.63, 3.8) is 0 Å². The van der Waals surface area contributed by atoms with Crippen molar-refractivity contribution in [2.75, 3.05) is 0 Å². The van der Waals surface area contributed by atoms with E-state index in [1.807, 2.05) is 66.7 Å².